The number of methoxy groups -OCH3 is 1. The molecule has 3 rings (SSSR count). The predicted octanol–water partition coefficient (Wildman–Crippen LogP) is 6.69. The fraction of sp³-hybridized carbons (Fsp3) is 0.786. The first-order valence-corrected chi connectivity index (χ1v) is 16.8. The Morgan fingerprint density at radius 2 is 1.92 bits per heavy atom. The number of ether oxygens (including phenoxy) is 1. The van der Waals surface area contributed by atoms with Crippen LogP contribution >= 0.6 is 0 Å². The van der Waals surface area contributed by atoms with Crippen LogP contribution in [0.2, 0.25) is 18.1 Å². The summed E-state index contributed by atoms with van der Waals surface area (Å²) in [4.78, 5) is 16.3. The van der Waals surface area contributed by atoms with Gasteiger partial charge >= 0.3 is 5.97 Å². The monoisotopic (exact) mass is 532 g/mol. The zero-order chi connectivity index (χ0) is 27.5. The number of hydrogen-bond acceptors (Lipinski definition) is 7. The van der Waals surface area contributed by atoms with Gasteiger partial charge in [-0.05, 0) is 67.5 Å². The lowest BCUT2D eigenvalue weighted by molar-refractivity contribution is 0.0593. The van der Waals surface area contributed by atoms with Crippen molar-refractivity contribution in [1.82, 2.24) is 20.0 Å². The van der Waals surface area contributed by atoms with Crippen molar-refractivity contribution in [3.8, 4) is 0 Å². The second-order valence-electron chi connectivity index (χ2n) is 12.9. The Kier molecular flexibility index (Phi) is 9.43. The number of hydrogen-bond donors (Lipinski definition) is 0. The maximum absolute atomic E-state index is 11.9. The van der Waals surface area contributed by atoms with E-state index < -0.39 is 14.3 Å². The molecular formula is C28H48N4O4Si. The van der Waals surface area contributed by atoms with Gasteiger partial charge in [0.25, 0.3) is 0 Å². The fourth-order valence-electron chi connectivity index (χ4n) is 5.13. The Labute approximate surface area is 224 Å². The highest BCUT2D eigenvalue weighted by Gasteiger charge is 2.41. The van der Waals surface area contributed by atoms with E-state index in [-0.39, 0.29) is 22.7 Å². The first kappa shape index (κ1) is 29.6. The van der Waals surface area contributed by atoms with Gasteiger partial charge in [0.1, 0.15) is 12.3 Å². The van der Waals surface area contributed by atoms with Gasteiger partial charge in [-0.1, -0.05) is 60.1 Å². The molecule has 8 nitrogen and oxygen atoms in total. The summed E-state index contributed by atoms with van der Waals surface area (Å²) in [6.07, 6.45) is 8.88. The largest absolute Gasteiger partial charge is 0.464 e. The molecule has 0 bridgehead atoms. The molecule has 0 aliphatic heterocycles. The third-order valence-electron chi connectivity index (χ3n) is 8.70. The number of nitrogens with zero attached hydrogens (tertiary/aromatic N) is 4. The van der Waals surface area contributed by atoms with Crippen LogP contribution in [0.5, 0.6) is 0 Å². The van der Waals surface area contributed by atoms with Crippen molar-refractivity contribution in [2.24, 2.45) is 23.7 Å². The average molecular weight is 533 g/mol. The standard InChI is InChI=1S/C28H48N4O4Si/c1-11-19(4)25(26-29-24(17-35-26)27(33)34-8)32-16-22(30-31-32)13-20-12-21(18(2)3)15-23(14-20)36-37(9,10)28(5,6)7/h16-21,23,25H,11-15H2,1-10H3/t19?,20?,21?,23?,25-/m0/s1. The van der Waals surface area contributed by atoms with Crippen molar-refractivity contribution in [1.29, 1.82) is 0 Å². The Balaban J connectivity index is 1.78. The minimum absolute atomic E-state index is 0.167. The van der Waals surface area contributed by atoms with E-state index in [0.717, 1.165) is 31.4 Å². The van der Waals surface area contributed by atoms with Crippen LogP contribution in [0, 0.1) is 23.7 Å². The van der Waals surface area contributed by atoms with E-state index in [0.29, 0.717) is 29.7 Å². The van der Waals surface area contributed by atoms with Gasteiger partial charge < -0.3 is 13.6 Å². The van der Waals surface area contributed by atoms with Crippen molar-refractivity contribution >= 4 is 14.3 Å². The molecule has 0 spiro atoms. The number of carbonyl (C=O) groups excluding carboxylic acids is 1. The molecule has 9 heteroatoms. The predicted molar refractivity (Wildman–Crippen MR) is 147 cm³/mol. The molecule has 1 aliphatic rings. The third kappa shape index (κ3) is 7.10. The lowest BCUT2D eigenvalue weighted by atomic mass is 9.73. The number of oxazole rings is 1. The summed E-state index contributed by atoms with van der Waals surface area (Å²) in [7, 11) is -0.498. The van der Waals surface area contributed by atoms with Crippen molar-refractivity contribution in [2.45, 2.75) is 111 Å². The molecule has 208 valence electrons. The van der Waals surface area contributed by atoms with E-state index in [9.17, 15) is 4.79 Å². The molecule has 1 aliphatic carbocycles. The maximum Gasteiger partial charge on any atom is 0.360 e. The van der Waals surface area contributed by atoms with E-state index in [4.69, 9.17) is 13.6 Å². The SMILES string of the molecule is CCC(C)[C@@H](c1nc(C(=O)OC)co1)n1cc(CC2CC(O[Si](C)(C)C(C)(C)C)CC(C(C)C)C2)nn1. The van der Waals surface area contributed by atoms with Gasteiger partial charge in [-0.3, -0.25) is 0 Å². The minimum Gasteiger partial charge on any atom is -0.464 e. The Bertz CT molecular complexity index is 1030. The Hall–Kier alpha value is -2.00. The van der Waals surface area contributed by atoms with E-state index in [1.54, 1.807) is 0 Å². The van der Waals surface area contributed by atoms with Gasteiger partial charge in [0.05, 0.1) is 12.8 Å². The molecule has 2 aromatic rings. The second kappa shape index (κ2) is 11.8. The van der Waals surface area contributed by atoms with Gasteiger partial charge in [-0.15, -0.1) is 5.10 Å². The molecular weight excluding hydrogens is 484 g/mol. The summed E-state index contributed by atoms with van der Waals surface area (Å²) in [6, 6.07) is -0.242. The van der Waals surface area contributed by atoms with Crippen molar-refractivity contribution in [3.63, 3.8) is 0 Å². The van der Waals surface area contributed by atoms with Crippen LogP contribution in [0.1, 0.15) is 102 Å². The summed E-state index contributed by atoms with van der Waals surface area (Å²) in [5.74, 6) is 1.93. The van der Waals surface area contributed by atoms with Gasteiger partial charge in [0.2, 0.25) is 5.89 Å². The molecule has 0 aromatic carbocycles. The molecule has 0 N–H and O–H groups in total. The van der Waals surface area contributed by atoms with E-state index in [1.807, 2.05) is 10.9 Å². The normalized spacial score (nSPS) is 22.7. The highest BCUT2D eigenvalue weighted by molar-refractivity contribution is 6.74. The molecule has 0 saturated heterocycles. The molecule has 2 heterocycles. The Morgan fingerprint density at radius 1 is 1.22 bits per heavy atom. The second-order valence-corrected chi connectivity index (χ2v) is 17.6. The molecule has 1 saturated carbocycles. The lowest BCUT2D eigenvalue weighted by Crippen LogP contribution is -2.46. The van der Waals surface area contributed by atoms with Crippen LogP contribution < -0.4 is 0 Å². The molecule has 37 heavy (non-hydrogen) atoms. The molecule has 1 fully saturated rings. The first-order chi connectivity index (χ1) is 17.3. The topological polar surface area (TPSA) is 92.3 Å². The maximum atomic E-state index is 11.9. The summed E-state index contributed by atoms with van der Waals surface area (Å²) in [5.41, 5.74) is 1.15. The Morgan fingerprint density at radius 3 is 2.51 bits per heavy atom. The fourth-order valence-corrected chi connectivity index (χ4v) is 6.51. The van der Waals surface area contributed by atoms with Crippen LogP contribution in [0.15, 0.2) is 16.9 Å². The third-order valence-corrected chi connectivity index (χ3v) is 13.2. The van der Waals surface area contributed by atoms with Crippen LogP contribution in [-0.2, 0) is 15.6 Å². The molecule has 4 unspecified atom stereocenters. The molecule has 0 amide bonds. The van der Waals surface area contributed by atoms with Crippen molar-refractivity contribution in [3.05, 3.63) is 29.7 Å². The highest BCUT2D eigenvalue weighted by atomic mass is 28.4. The summed E-state index contributed by atoms with van der Waals surface area (Å²) < 4.78 is 19.2. The lowest BCUT2D eigenvalue weighted by Gasteiger charge is -2.44. The number of aromatic nitrogens is 4. The minimum atomic E-state index is -1.83. The van der Waals surface area contributed by atoms with Crippen LogP contribution in [0.3, 0.4) is 0 Å². The van der Waals surface area contributed by atoms with Crippen LogP contribution in [0.4, 0.5) is 0 Å². The van der Waals surface area contributed by atoms with Crippen LogP contribution in [0.25, 0.3) is 0 Å². The molecule has 0 radical (unpaired) electrons. The highest BCUT2D eigenvalue weighted by Crippen LogP contribution is 2.42. The van der Waals surface area contributed by atoms with Gasteiger partial charge in [-0.25, -0.2) is 14.5 Å². The number of rotatable bonds is 10. The first-order valence-electron chi connectivity index (χ1n) is 13.9. The van der Waals surface area contributed by atoms with E-state index in [2.05, 4.69) is 76.9 Å². The van der Waals surface area contributed by atoms with Crippen LogP contribution in [-0.4, -0.2) is 47.5 Å². The van der Waals surface area contributed by atoms with Crippen molar-refractivity contribution in [2.75, 3.05) is 7.11 Å². The zero-order valence-electron chi connectivity index (χ0n) is 24.6. The van der Waals surface area contributed by atoms with Gasteiger partial charge in [0, 0.05) is 12.3 Å². The smallest absolute Gasteiger partial charge is 0.360 e. The van der Waals surface area contributed by atoms with E-state index >= 15 is 0 Å². The van der Waals surface area contributed by atoms with Gasteiger partial charge in [0.15, 0.2) is 14.0 Å². The number of carbonyl (C=O) groups is 1. The average Bonchev–Trinajstić information content (AvgIpc) is 3.47. The summed E-state index contributed by atoms with van der Waals surface area (Å²) in [6.45, 7) is 20.6. The summed E-state index contributed by atoms with van der Waals surface area (Å²) in [5, 5.41) is 9.26. The molecule has 2 aromatic heterocycles. The van der Waals surface area contributed by atoms with E-state index in [1.165, 1.54) is 19.8 Å². The zero-order valence-corrected chi connectivity index (χ0v) is 25.6. The molecule has 5 atom stereocenters. The quantitative estimate of drug-likeness (QED) is 0.248. The van der Waals surface area contributed by atoms with Gasteiger partial charge in [-0.2, -0.15) is 0 Å². The van der Waals surface area contributed by atoms with Crippen molar-refractivity contribution < 1.29 is 18.4 Å². The summed E-state index contributed by atoms with van der Waals surface area (Å²) >= 11 is 0. The number of esters is 1.